The third kappa shape index (κ3) is 0.871. The van der Waals surface area contributed by atoms with E-state index in [0.29, 0.717) is 0 Å². The molecule has 0 aromatic carbocycles. The number of rotatable bonds is 1. The second kappa shape index (κ2) is 2.62. The number of aliphatic hydroxyl groups is 1. The minimum atomic E-state index is -1.09. The molecule has 2 rings (SSSR count). The van der Waals surface area contributed by atoms with E-state index < -0.39 is 11.0 Å². The first-order chi connectivity index (χ1) is 6.82. The van der Waals surface area contributed by atoms with Crippen LogP contribution in [0.1, 0.15) is 33.6 Å². The summed E-state index contributed by atoms with van der Waals surface area (Å²) in [6.07, 6.45) is 4.85. The predicted molar refractivity (Wildman–Crippen MR) is 59.4 cm³/mol. The first-order valence-corrected chi connectivity index (χ1v) is 5.41. The number of carbonyl (C=O) groups excluding carboxylic acids is 1. The van der Waals surface area contributed by atoms with E-state index in [1.807, 2.05) is 20.8 Å². The summed E-state index contributed by atoms with van der Waals surface area (Å²) in [5.41, 5.74) is -1.11. The third-order valence-corrected chi connectivity index (χ3v) is 4.86. The molecule has 0 radical (unpaired) electrons. The van der Waals surface area contributed by atoms with Crippen LogP contribution in [0.25, 0.3) is 0 Å². The van der Waals surface area contributed by atoms with Gasteiger partial charge in [0.05, 0.1) is 5.41 Å². The zero-order valence-corrected chi connectivity index (χ0v) is 9.63. The molecule has 2 aliphatic carbocycles. The smallest absolute Gasteiger partial charge is 0.164 e. The van der Waals surface area contributed by atoms with Gasteiger partial charge < -0.3 is 5.11 Å². The highest BCUT2D eigenvalue weighted by molar-refractivity contribution is 5.99. The van der Waals surface area contributed by atoms with E-state index in [2.05, 4.69) is 6.58 Å². The molecule has 0 aromatic rings. The Morgan fingerprint density at radius 2 is 1.93 bits per heavy atom. The van der Waals surface area contributed by atoms with Gasteiger partial charge in [0.25, 0.3) is 0 Å². The van der Waals surface area contributed by atoms with Crippen LogP contribution >= 0.6 is 0 Å². The molecule has 0 aromatic heterocycles. The van der Waals surface area contributed by atoms with Crippen LogP contribution in [0.2, 0.25) is 0 Å². The SMILES string of the molecule is C=C[C@]1(O)[C@@]2(C)CC[C@]1(C)C(=O)C=C2C. The van der Waals surface area contributed by atoms with E-state index in [0.717, 1.165) is 18.4 Å². The van der Waals surface area contributed by atoms with Crippen molar-refractivity contribution in [1.82, 2.24) is 0 Å². The fourth-order valence-corrected chi connectivity index (χ4v) is 3.26. The van der Waals surface area contributed by atoms with Gasteiger partial charge in [-0.05, 0) is 32.8 Å². The zero-order chi connectivity index (χ0) is 11.5. The summed E-state index contributed by atoms with van der Waals surface area (Å²) < 4.78 is 0. The molecule has 2 nitrogen and oxygen atoms in total. The molecule has 1 fully saturated rings. The summed E-state index contributed by atoms with van der Waals surface area (Å²) in [7, 11) is 0. The van der Waals surface area contributed by atoms with Crippen molar-refractivity contribution in [2.24, 2.45) is 10.8 Å². The minimum absolute atomic E-state index is 0.0392. The van der Waals surface area contributed by atoms with Gasteiger partial charge in [-0.1, -0.05) is 18.6 Å². The molecule has 1 saturated carbocycles. The number of carbonyl (C=O) groups is 1. The summed E-state index contributed by atoms with van der Waals surface area (Å²) >= 11 is 0. The van der Waals surface area contributed by atoms with Crippen molar-refractivity contribution in [2.75, 3.05) is 0 Å². The third-order valence-electron chi connectivity index (χ3n) is 4.86. The van der Waals surface area contributed by atoms with Gasteiger partial charge in [0, 0.05) is 5.41 Å². The Morgan fingerprint density at radius 3 is 2.47 bits per heavy atom. The second-order valence-corrected chi connectivity index (χ2v) is 5.33. The van der Waals surface area contributed by atoms with Gasteiger partial charge in [-0.15, -0.1) is 6.58 Å². The monoisotopic (exact) mass is 206 g/mol. The number of hydrogen-bond donors (Lipinski definition) is 1. The fraction of sp³-hybridized carbons (Fsp3) is 0.615. The van der Waals surface area contributed by atoms with Crippen LogP contribution in [0.15, 0.2) is 24.3 Å². The maximum atomic E-state index is 12.0. The van der Waals surface area contributed by atoms with Gasteiger partial charge in [-0.25, -0.2) is 0 Å². The highest BCUT2D eigenvalue weighted by Crippen LogP contribution is 2.63. The fourth-order valence-electron chi connectivity index (χ4n) is 3.26. The topological polar surface area (TPSA) is 37.3 Å². The molecule has 1 N–H and O–H groups in total. The summed E-state index contributed by atoms with van der Waals surface area (Å²) in [6.45, 7) is 9.53. The highest BCUT2D eigenvalue weighted by atomic mass is 16.3. The van der Waals surface area contributed by atoms with Crippen molar-refractivity contribution < 1.29 is 9.90 Å². The molecule has 2 heteroatoms. The predicted octanol–water partition coefficient (Wildman–Crippen LogP) is 2.24. The molecule has 15 heavy (non-hydrogen) atoms. The normalized spacial score (nSPS) is 49.1. The van der Waals surface area contributed by atoms with Crippen molar-refractivity contribution in [2.45, 2.75) is 39.2 Å². The minimum Gasteiger partial charge on any atom is -0.384 e. The van der Waals surface area contributed by atoms with Gasteiger partial charge in [0.15, 0.2) is 5.78 Å². The summed E-state index contributed by atoms with van der Waals surface area (Å²) in [5.74, 6) is 0.0392. The molecule has 0 aliphatic heterocycles. The lowest BCUT2D eigenvalue weighted by atomic mass is 9.58. The Hall–Kier alpha value is -0.890. The summed E-state index contributed by atoms with van der Waals surface area (Å²) in [5, 5.41) is 10.8. The molecular formula is C13H18O2. The molecule has 0 saturated heterocycles. The van der Waals surface area contributed by atoms with Crippen molar-refractivity contribution in [3.05, 3.63) is 24.3 Å². The van der Waals surface area contributed by atoms with Crippen LogP contribution in [0.5, 0.6) is 0 Å². The van der Waals surface area contributed by atoms with Crippen molar-refractivity contribution in [3.63, 3.8) is 0 Å². The highest BCUT2D eigenvalue weighted by Gasteiger charge is 2.66. The van der Waals surface area contributed by atoms with Crippen LogP contribution in [0.3, 0.4) is 0 Å². The molecule has 0 unspecified atom stereocenters. The van der Waals surface area contributed by atoms with Crippen LogP contribution < -0.4 is 0 Å². The zero-order valence-electron chi connectivity index (χ0n) is 9.63. The average molecular weight is 206 g/mol. The van der Waals surface area contributed by atoms with Gasteiger partial charge in [0.1, 0.15) is 5.60 Å². The largest absolute Gasteiger partial charge is 0.384 e. The molecule has 0 heterocycles. The average Bonchev–Trinajstić information content (AvgIpc) is 2.36. The lowest BCUT2D eigenvalue weighted by Gasteiger charge is -2.48. The molecule has 2 aliphatic rings. The van der Waals surface area contributed by atoms with E-state index in [1.54, 1.807) is 12.2 Å². The Bertz CT molecular complexity index is 382. The van der Waals surface area contributed by atoms with Crippen molar-refractivity contribution in [1.29, 1.82) is 0 Å². The Morgan fingerprint density at radius 1 is 1.40 bits per heavy atom. The number of allylic oxidation sites excluding steroid dienone is 1. The van der Waals surface area contributed by atoms with Crippen molar-refractivity contribution in [3.8, 4) is 0 Å². The summed E-state index contributed by atoms with van der Waals surface area (Å²) in [4.78, 5) is 12.0. The maximum absolute atomic E-state index is 12.0. The van der Waals surface area contributed by atoms with E-state index in [4.69, 9.17) is 0 Å². The lowest BCUT2D eigenvalue weighted by molar-refractivity contribution is -0.140. The molecule has 0 spiro atoms. The van der Waals surface area contributed by atoms with Gasteiger partial charge in [-0.3, -0.25) is 4.79 Å². The molecule has 3 atom stereocenters. The summed E-state index contributed by atoms with van der Waals surface area (Å²) in [6, 6.07) is 0. The van der Waals surface area contributed by atoms with Crippen LogP contribution in [-0.4, -0.2) is 16.5 Å². The van der Waals surface area contributed by atoms with Crippen LogP contribution in [0, 0.1) is 10.8 Å². The first-order valence-electron chi connectivity index (χ1n) is 5.41. The molecule has 2 bridgehead atoms. The number of hydrogen-bond acceptors (Lipinski definition) is 2. The van der Waals surface area contributed by atoms with Gasteiger partial charge in [0.2, 0.25) is 0 Å². The second-order valence-electron chi connectivity index (χ2n) is 5.33. The van der Waals surface area contributed by atoms with E-state index in [-0.39, 0.29) is 11.2 Å². The Kier molecular flexibility index (Phi) is 1.85. The molecule has 82 valence electrons. The van der Waals surface area contributed by atoms with Crippen molar-refractivity contribution >= 4 is 5.78 Å². The van der Waals surface area contributed by atoms with Gasteiger partial charge >= 0.3 is 0 Å². The molecule has 0 amide bonds. The van der Waals surface area contributed by atoms with E-state index in [1.165, 1.54) is 0 Å². The Balaban J connectivity index is 2.73. The molecular weight excluding hydrogens is 188 g/mol. The number of ketones is 1. The quantitative estimate of drug-likeness (QED) is 0.668. The number of fused-ring (bicyclic) bond motifs is 2. The lowest BCUT2D eigenvalue weighted by Crippen LogP contribution is -2.56. The standard InChI is InChI=1S/C13H18O2/c1-5-13(15)11(3)6-7-12(13,4)10(14)8-9(11)2/h5,8,15H,1,6-7H2,2-4H3/t11-,12+,13-/m0/s1. The maximum Gasteiger partial charge on any atom is 0.164 e. The van der Waals surface area contributed by atoms with Crippen LogP contribution in [0.4, 0.5) is 0 Å². The van der Waals surface area contributed by atoms with Crippen LogP contribution in [-0.2, 0) is 4.79 Å². The Labute approximate surface area is 90.7 Å². The van der Waals surface area contributed by atoms with E-state index >= 15 is 0 Å². The van der Waals surface area contributed by atoms with E-state index in [9.17, 15) is 9.90 Å². The first kappa shape index (κ1) is 10.6. The van der Waals surface area contributed by atoms with Gasteiger partial charge in [-0.2, -0.15) is 0 Å².